The third-order valence-corrected chi connectivity index (χ3v) is 8.87. The van der Waals surface area contributed by atoms with E-state index in [0.29, 0.717) is 24.4 Å². The van der Waals surface area contributed by atoms with Gasteiger partial charge >= 0.3 is 6.01 Å². The van der Waals surface area contributed by atoms with Crippen molar-refractivity contribution in [2.24, 2.45) is 0 Å². The van der Waals surface area contributed by atoms with Gasteiger partial charge in [0.1, 0.15) is 10.6 Å². The average Bonchev–Trinajstić information content (AvgIpc) is 3.30. The van der Waals surface area contributed by atoms with Gasteiger partial charge in [-0.25, -0.2) is 23.1 Å². The highest BCUT2D eigenvalue weighted by atomic mass is 32.2. The highest BCUT2D eigenvalue weighted by Gasteiger charge is 2.27. The largest absolute Gasteiger partial charge is 0.464 e. The van der Waals surface area contributed by atoms with Crippen molar-refractivity contribution in [1.82, 2.24) is 19.8 Å². The topological polar surface area (TPSA) is 132 Å². The molecule has 0 radical (unpaired) electrons. The Hall–Kier alpha value is -3.22. The summed E-state index contributed by atoms with van der Waals surface area (Å²) >= 11 is 0. The Labute approximate surface area is 236 Å². The lowest BCUT2D eigenvalue weighted by Gasteiger charge is -2.37. The van der Waals surface area contributed by atoms with Crippen LogP contribution in [-0.2, 0) is 14.8 Å². The number of benzene rings is 1. The summed E-state index contributed by atoms with van der Waals surface area (Å²) < 4.78 is 45.0. The second-order valence-corrected chi connectivity index (χ2v) is 11.5. The van der Waals surface area contributed by atoms with E-state index in [9.17, 15) is 8.42 Å². The normalized spacial score (nSPS) is 15.1. The van der Waals surface area contributed by atoms with Gasteiger partial charge in [-0.05, 0) is 70.6 Å². The number of ether oxygens (including phenoxy) is 2. The van der Waals surface area contributed by atoms with Crippen molar-refractivity contribution in [2.75, 3.05) is 43.1 Å². The van der Waals surface area contributed by atoms with Crippen molar-refractivity contribution in [1.29, 1.82) is 0 Å². The first kappa shape index (κ1) is 29.8. The molecular weight excluding hydrogens is 532 g/mol. The second-order valence-electron chi connectivity index (χ2n) is 9.83. The smallest absolute Gasteiger partial charge is 0.316 e. The Morgan fingerprint density at radius 3 is 2.45 bits per heavy atom. The van der Waals surface area contributed by atoms with Crippen LogP contribution < -0.4 is 19.7 Å². The molecule has 0 bridgehead atoms. The number of anilines is 3. The van der Waals surface area contributed by atoms with Gasteiger partial charge in [-0.1, -0.05) is 18.1 Å². The molecule has 2 aromatic heterocycles. The first-order chi connectivity index (χ1) is 19.3. The third-order valence-electron chi connectivity index (χ3n) is 7.20. The molecule has 40 heavy (non-hydrogen) atoms. The van der Waals surface area contributed by atoms with E-state index >= 15 is 0 Å². The minimum atomic E-state index is -3.77. The van der Waals surface area contributed by atoms with Gasteiger partial charge in [0.15, 0.2) is 5.76 Å². The maximum absolute atomic E-state index is 13.1. The van der Waals surface area contributed by atoms with Gasteiger partial charge in [0, 0.05) is 32.3 Å². The molecule has 0 aliphatic carbocycles. The summed E-state index contributed by atoms with van der Waals surface area (Å²) in [6.07, 6.45) is 6.07. The third kappa shape index (κ3) is 6.91. The molecule has 218 valence electrons. The number of aryl methyl sites for hydroxylation is 2. The van der Waals surface area contributed by atoms with Crippen LogP contribution in [-0.4, -0.2) is 62.5 Å². The fourth-order valence-corrected chi connectivity index (χ4v) is 6.57. The monoisotopic (exact) mass is 572 g/mol. The van der Waals surface area contributed by atoms with Gasteiger partial charge in [-0.15, -0.1) is 0 Å². The molecule has 4 rings (SSSR count). The summed E-state index contributed by atoms with van der Waals surface area (Å²) in [6, 6.07) is 7.01. The SMILES string of the molecule is CCOc1ncc(Nc2cc([C@H](CC)CNS(=O)(=O)c3c(C)noc3C)ccc2N(CC)C2CCOCC2)cn1. The fourth-order valence-electron chi connectivity index (χ4n) is 5.16. The van der Waals surface area contributed by atoms with Crippen molar-refractivity contribution in [2.45, 2.75) is 70.7 Å². The first-order valence-electron chi connectivity index (χ1n) is 13.9. The predicted molar refractivity (Wildman–Crippen MR) is 154 cm³/mol. The molecular formula is C28H40N6O5S. The van der Waals surface area contributed by atoms with Crippen LogP contribution in [0, 0.1) is 13.8 Å². The lowest BCUT2D eigenvalue weighted by atomic mass is 9.95. The van der Waals surface area contributed by atoms with Crippen LogP contribution in [0.4, 0.5) is 17.1 Å². The molecule has 1 aromatic carbocycles. The summed E-state index contributed by atoms with van der Waals surface area (Å²) in [6.45, 7) is 12.4. The van der Waals surface area contributed by atoms with E-state index < -0.39 is 10.0 Å². The summed E-state index contributed by atoms with van der Waals surface area (Å²) in [4.78, 5) is 11.1. The van der Waals surface area contributed by atoms with Crippen LogP contribution in [0.1, 0.15) is 63.0 Å². The van der Waals surface area contributed by atoms with E-state index in [2.05, 4.69) is 62.1 Å². The summed E-state index contributed by atoms with van der Waals surface area (Å²) in [5.74, 6) is 0.221. The molecule has 0 amide bonds. The molecule has 1 saturated heterocycles. The van der Waals surface area contributed by atoms with E-state index in [1.165, 1.54) is 0 Å². The maximum atomic E-state index is 13.1. The number of nitrogens with one attached hydrogen (secondary N) is 2. The summed E-state index contributed by atoms with van der Waals surface area (Å²) in [5, 5.41) is 7.31. The van der Waals surface area contributed by atoms with Crippen LogP contribution in [0.5, 0.6) is 6.01 Å². The number of sulfonamides is 1. The second kappa shape index (κ2) is 13.4. The predicted octanol–water partition coefficient (Wildman–Crippen LogP) is 4.70. The van der Waals surface area contributed by atoms with E-state index in [1.807, 2.05) is 6.92 Å². The van der Waals surface area contributed by atoms with Crippen molar-refractivity contribution in [3.05, 3.63) is 47.6 Å². The van der Waals surface area contributed by atoms with Crippen molar-refractivity contribution < 1.29 is 22.4 Å². The van der Waals surface area contributed by atoms with Gasteiger partial charge in [-0.2, -0.15) is 0 Å². The fraction of sp³-hybridized carbons (Fsp3) is 0.536. The molecule has 1 fully saturated rings. The highest BCUT2D eigenvalue weighted by Crippen LogP contribution is 2.35. The standard InChI is InChI=1S/C28H40N6O5S/c1-6-21(16-31-40(35,36)27-19(4)33-39-20(27)5)22-9-10-26(34(7-2)24-11-13-37-14-12-24)25(15-22)32-23-17-29-28(30-18-23)38-8-3/h9-10,15,17-18,21,24,31-32H,6-8,11-14,16H2,1-5H3/t21-/m1/s1. The molecule has 1 aliphatic rings. The molecule has 2 N–H and O–H groups in total. The Balaban J connectivity index is 1.63. The molecule has 1 atom stereocenters. The van der Waals surface area contributed by atoms with Crippen LogP contribution in [0.3, 0.4) is 0 Å². The maximum Gasteiger partial charge on any atom is 0.316 e. The van der Waals surface area contributed by atoms with Crippen LogP contribution in [0.2, 0.25) is 0 Å². The van der Waals surface area contributed by atoms with Gasteiger partial charge in [0.05, 0.1) is 36.1 Å². The van der Waals surface area contributed by atoms with E-state index in [1.54, 1.807) is 26.2 Å². The van der Waals surface area contributed by atoms with E-state index in [4.69, 9.17) is 14.0 Å². The number of nitrogens with zero attached hydrogens (tertiary/aromatic N) is 4. The molecule has 3 heterocycles. The summed E-state index contributed by atoms with van der Waals surface area (Å²) in [5.41, 5.74) is 4.07. The van der Waals surface area contributed by atoms with Crippen LogP contribution in [0.25, 0.3) is 0 Å². The van der Waals surface area contributed by atoms with Crippen molar-refractivity contribution in [3.8, 4) is 6.01 Å². The molecule has 0 unspecified atom stereocenters. The lowest BCUT2D eigenvalue weighted by molar-refractivity contribution is 0.0846. The zero-order valence-electron chi connectivity index (χ0n) is 23.9. The molecule has 12 heteroatoms. The molecule has 1 aliphatic heterocycles. The average molecular weight is 573 g/mol. The van der Waals surface area contributed by atoms with Crippen molar-refractivity contribution >= 4 is 27.1 Å². The van der Waals surface area contributed by atoms with Crippen LogP contribution in [0.15, 0.2) is 40.0 Å². The highest BCUT2D eigenvalue weighted by molar-refractivity contribution is 7.89. The molecule has 11 nitrogen and oxygen atoms in total. The Morgan fingerprint density at radius 1 is 1.12 bits per heavy atom. The quantitative estimate of drug-likeness (QED) is 0.297. The van der Waals surface area contributed by atoms with Crippen LogP contribution >= 0.6 is 0 Å². The van der Waals surface area contributed by atoms with Gasteiger partial charge in [0.2, 0.25) is 10.0 Å². The molecule has 0 spiro atoms. The van der Waals surface area contributed by atoms with Gasteiger partial charge in [-0.3, -0.25) is 0 Å². The Kier molecular flexibility index (Phi) is 9.99. The Bertz CT molecular complexity index is 1340. The van der Waals surface area contributed by atoms with Crippen molar-refractivity contribution in [3.63, 3.8) is 0 Å². The first-order valence-corrected chi connectivity index (χ1v) is 15.4. The number of hydrogen-bond donors (Lipinski definition) is 2. The zero-order valence-corrected chi connectivity index (χ0v) is 24.8. The number of hydrogen-bond acceptors (Lipinski definition) is 10. The van der Waals surface area contributed by atoms with E-state index in [-0.39, 0.29) is 23.1 Å². The minimum absolute atomic E-state index is 0.0559. The van der Waals surface area contributed by atoms with E-state index in [0.717, 1.165) is 61.6 Å². The minimum Gasteiger partial charge on any atom is -0.464 e. The lowest BCUT2D eigenvalue weighted by Crippen LogP contribution is -2.39. The molecule has 3 aromatic rings. The number of rotatable bonds is 13. The molecule has 0 saturated carbocycles. The summed E-state index contributed by atoms with van der Waals surface area (Å²) in [7, 11) is -3.77. The van der Waals surface area contributed by atoms with Gasteiger partial charge in [0.25, 0.3) is 0 Å². The number of aromatic nitrogens is 3. The Morgan fingerprint density at radius 2 is 1.85 bits per heavy atom. The van der Waals surface area contributed by atoms with Gasteiger partial charge < -0.3 is 24.2 Å². The zero-order chi connectivity index (χ0) is 28.7.